The van der Waals surface area contributed by atoms with Crippen LogP contribution in [0.2, 0.25) is 0 Å². The second-order valence-electron chi connectivity index (χ2n) is 3.16. The molecule has 0 bridgehead atoms. The molecule has 0 fully saturated rings. The Morgan fingerprint density at radius 2 is 2.54 bits per heavy atom. The molecule has 0 aromatic carbocycles. The number of aliphatic imine (C=N–C) groups is 1. The summed E-state index contributed by atoms with van der Waals surface area (Å²) >= 11 is 0. The minimum Gasteiger partial charge on any atom is -0.481 e. The van der Waals surface area contributed by atoms with Crippen LogP contribution >= 0.6 is 0 Å². The lowest BCUT2D eigenvalue weighted by atomic mass is 10.2. The Kier molecular flexibility index (Phi) is 3.73. The highest BCUT2D eigenvalue weighted by Gasteiger charge is 2.19. The molecule has 0 amide bonds. The average Bonchev–Trinajstić information content (AvgIpc) is 2.50. The van der Waals surface area contributed by atoms with Gasteiger partial charge in [0.2, 0.25) is 0 Å². The third-order valence-corrected chi connectivity index (χ3v) is 1.92. The molecule has 0 aromatic heterocycles. The number of carboxylic acid groups (broad SMARTS) is 1. The fourth-order valence-electron chi connectivity index (χ4n) is 1.26. The first-order chi connectivity index (χ1) is 6.22. The van der Waals surface area contributed by atoms with Crippen LogP contribution in [0.1, 0.15) is 32.6 Å². The highest BCUT2D eigenvalue weighted by Crippen LogP contribution is 2.13. The lowest BCUT2D eigenvalue weighted by Gasteiger charge is -2.08. The van der Waals surface area contributed by atoms with Crippen molar-refractivity contribution in [2.45, 2.75) is 38.7 Å². The van der Waals surface area contributed by atoms with Crippen LogP contribution in [0, 0.1) is 0 Å². The molecule has 1 aliphatic heterocycles. The second-order valence-corrected chi connectivity index (χ2v) is 3.16. The van der Waals surface area contributed by atoms with Crippen LogP contribution in [-0.2, 0) is 9.53 Å². The van der Waals surface area contributed by atoms with Gasteiger partial charge >= 0.3 is 5.97 Å². The largest absolute Gasteiger partial charge is 0.481 e. The normalized spacial score (nSPS) is 21.0. The van der Waals surface area contributed by atoms with Crippen molar-refractivity contribution in [3.8, 4) is 0 Å². The molecule has 1 atom stereocenters. The topological polar surface area (TPSA) is 58.9 Å². The van der Waals surface area contributed by atoms with E-state index in [1.807, 2.05) is 0 Å². The summed E-state index contributed by atoms with van der Waals surface area (Å²) in [6.07, 6.45) is 2.61. The van der Waals surface area contributed by atoms with E-state index in [1.165, 1.54) is 0 Å². The maximum Gasteiger partial charge on any atom is 0.303 e. The van der Waals surface area contributed by atoms with Gasteiger partial charge in [-0.3, -0.25) is 9.79 Å². The minimum atomic E-state index is -0.771. The van der Waals surface area contributed by atoms with Gasteiger partial charge in [0.05, 0.1) is 6.54 Å². The van der Waals surface area contributed by atoms with Crippen molar-refractivity contribution in [3.63, 3.8) is 0 Å². The van der Waals surface area contributed by atoms with E-state index in [0.717, 1.165) is 18.7 Å². The van der Waals surface area contributed by atoms with Gasteiger partial charge in [0.1, 0.15) is 6.10 Å². The number of ether oxygens (including phenoxy) is 1. The Morgan fingerprint density at radius 1 is 1.77 bits per heavy atom. The van der Waals surface area contributed by atoms with Crippen LogP contribution in [0.4, 0.5) is 0 Å². The lowest BCUT2D eigenvalue weighted by molar-refractivity contribution is -0.137. The fourth-order valence-corrected chi connectivity index (χ4v) is 1.26. The van der Waals surface area contributed by atoms with Crippen LogP contribution in [-0.4, -0.2) is 29.6 Å². The van der Waals surface area contributed by atoms with Crippen molar-refractivity contribution in [2.75, 3.05) is 6.54 Å². The zero-order valence-electron chi connectivity index (χ0n) is 7.82. The molecular weight excluding hydrogens is 170 g/mol. The average molecular weight is 185 g/mol. The standard InChI is InChI=1S/C9H15NO3/c1-2-3-8-10-6-7(13-8)4-5-9(11)12/h7H,2-6H2,1H3,(H,11,12). The predicted molar refractivity (Wildman–Crippen MR) is 49.0 cm³/mol. The molecule has 0 radical (unpaired) electrons. The van der Waals surface area contributed by atoms with Crippen LogP contribution in [0.25, 0.3) is 0 Å². The van der Waals surface area contributed by atoms with E-state index in [1.54, 1.807) is 0 Å². The summed E-state index contributed by atoms with van der Waals surface area (Å²) in [5.41, 5.74) is 0. The third-order valence-electron chi connectivity index (χ3n) is 1.92. The minimum absolute atomic E-state index is 0.00218. The number of hydrogen-bond acceptors (Lipinski definition) is 3. The Labute approximate surface area is 77.6 Å². The number of carboxylic acids is 1. The van der Waals surface area contributed by atoms with Crippen LogP contribution in [0.3, 0.4) is 0 Å². The van der Waals surface area contributed by atoms with E-state index in [0.29, 0.717) is 13.0 Å². The smallest absolute Gasteiger partial charge is 0.303 e. The van der Waals surface area contributed by atoms with Crippen molar-refractivity contribution in [2.24, 2.45) is 4.99 Å². The first kappa shape index (κ1) is 10.0. The number of rotatable bonds is 5. The highest BCUT2D eigenvalue weighted by molar-refractivity contribution is 5.77. The summed E-state index contributed by atoms with van der Waals surface area (Å²) in [6, 6.07) is 0. The van der Waals surface area contributed by atoms with Gasteiger partial charge in [0.15, 0.2) is 5.90 Å². The summed E-state index contributed by atoms with van der Waals surface area (Å²) in [5.74, 6) is 0.0189. The first-order valence-corrected chi connectivity index (χ1v) is 4.64. The van der Waals surface area contributed by atoms with Gasteiger partial charge < -0.3 is 9.84 Å². The van der Waals surface area contributed by atoms with E-state index >= 15 is 0 Å². The summed E-state index contributed by atoms with van der Waals surface area (Å²) in [4.78, 5) is 14.5. The summed E-state index contributed by atoms with van der Waals surface area (Å²) < 4.78 is 5.44. The third kappa shape index (κ3) is 3.44. The predicted octanol–water partition coefficient (Wildman–Crippen LogP) is 1.45. The van der Waals surface area contributed by atoms with E-state index < -0.39 is 5.97 Å². The molecule has 13 heavy (non-hydrogen) atoms. The van der Waals surface area contributed by atoms with Crippen molar-refractivity contribution < 1.29 is 14.6 Å². The molecule has 0 saturated carbocycles. The van der Waals surface area contributed by atoms with Gasteiger partial charge in [0.25, 0.3) is 0 Å². The molecule has 1 aliphatic rings. The van der Waals surface area contributed by atoms with E-state index in [2.05, 4.69) is 11.9 Å². The van der Waals surface area contributed by atoms with Gasteiger partial charge in [-0.15, -0.1) is 0 Å². The van der Waals surface area contributed by atoms with Crippen LogP contribution < -0.4 is 0 Å². The molecule has 0 spiro atoms. The summed E-state index contributed by atoms with van der Waals surface area (Å²) in [7, 11) is 0. The SMILES string of the molecule is CCCC1=NCC(CCC(=O)O)O1. The number of aliphatic carboxylic acids is 1. The molecule has 0 aliphatic carbocycles. The number of nitrogens with zero attached hydrogens (tertiary/aromatic N) is 1. The lowest BCUT2D eigenvalue weighted by Crippen LogP contribution is -2.14. The molecule has 1 rings (SSSR count). The van der Waals surface area contributed by atoms with Crippen LogP contribution in [0.15, 0.2) is 4.99 Å². The molecule has 4 heteroatoms. The summed E-state index contributed by atoms with van der Waals surface area (Å²) in [5, 5.41) is 8.45. The zero-order valence-corrected chi connectivity index (χ0v) is 7.82. The van der Waals surface area contributed by atoms with E-state index in [-0.39, 0.29) is 12.5 Å². The number of carbonyl (C=O) groups is 1. The quantitative estimate of drug-likeness (QED) is 0.705. The van der Waals surface area contributed by atoms with Crippen molar-refractivity contribution in [3.05, 3.63) is 0 Å². The fraction of sp³-hybridized carbons (Fsp3) is 0.778. The summed E-state index contributed by atoms with van der Waals surface area (Å²) in [6.45, 7) is 2.69. The monoisotopic (exact) mass is 185 g/mol. The maximum absolute atomic E-state index is 10.3. The van der Waals surface area contributed by atoms with E-state index in [9.17, 15) is 4.79 Å². The van der Waals surface area contributed by atoms with Gasteiger partial charge in [-0.2, -0.15) is 0 Å². The highest BCUT2D eigenvalue weighted by atomic mass is 16.5. The van der Waals surface area contributed by atoms with Gasteiger partial charge in [-0.1, -0.05) is 6.92 Å². The van der Waals surface area contributed by atoms with E-state index in [4.69, 9.17) is 9.84 Å². The molecule has 74 valence electrons. The first-order valence-electron chi connectivity index (χ1n) is 4.64. The van der Waals surface area contributed by atoms with Gasteiger partial charge in [-0.05, 0) is 12.8 Å². The number of hydrogen-bond donors (Lipinski definition) is 1. The molecule has 1 unspecified atom stereocenters. The molecular formula is C9H15NO3. The van der Waals surface area contributed by atoms with Crippen LogP contribution in [0.5, 0.6) is 0 Å². The van der Waals surface area contributed by atoms with Crippen molar-refractivity contribution in [1.82, 2.24) is 0 Å². The molecule has 1 N–H and O–H groups in total. The second kappa shape index (κ2) is 4.84. The molecule has 4 nitrogen and oxygen atoms in total. The Hall–Kier alpha value is -1.06. The Bertz CT molecular complexity index is 213. The Balaban J connectivity index is 2.17. The zero-order chi connectivity index (χ0) is 9.68. The van der Waals surface area contributed by atoms with Crippen molar-refractivity contribution >= 4 is 11.9 Å². The van der Waals surface area contributed by atoms with Crippen molar-refractivity contribution in [1.29, 1.82) is 0 Å². The maximum atomic E-state index is 10.3. The Morgan fingerprint density at radius 3 is 3.15 bits per heavy atom. The molecule has 0 saturated heterocycles. The molecule has 1 heterocycles. The van der Waals surface area contributed by atoms with Gasteiger partial charge in [-0.25, -0.2) is 0 Å². The van der Waals surface area contributed by atoms with Gasteiger partial charge in [0, 0.05) is 12.8 Å². The molecule has 0 aromatic rings.